The van der Waals surface area contributed by atoms with Gasteiger partial charge in [0.25, 0.3) is 0 Å². The number of methoxy groups -OCH3 is 1. The molecule has 0 radical (unpaired) electrons. The Balaban J connectivity index is 1.68. The predicted molar refractivity (Wildman–Crippen MR) is 150 cm³/mol. The Morgan fingerprint density at radius 2 is 1.87 bits per heavy atom. The minimum absolute atomic E-state index is 0.0830. The van der Waals surface area contributed by atoms with Crippen molar-refractivity contribution < 1.29 is 23.8 Å². The number of hydrogen-bond acceptors (Lipinski definition) is 6. The number of nitrogens with zero attached hydrogens (tertiary/aromatic N) is 1. The second kappa shape index (κ2) is 12.4. The van der Waals surface area contributed by atoms with Gasteiger partial charge < -0.3 is 19.1 Å². The van der Waals surface area contributed by atoms with Gasteiger partial charge in [-0.1, -0.05) is 30.2 Å². The van der Waals surface area contributed by atoms with Crippen LogP contribution in [0, 0.1) is 5.92 Å². The number of carbonyl (C=O) groups excluding carboxylic acids is 2. The summed E-state index contributed by atoms with van der Waals surface area (Å²) in [4.78, 5) is 28.0. The summed E-state index contributed by atoms with van der Waals surface area (Å²) in [5.74, 6) is -0.207. The van der Waals surface area contributed by atoms with Crippen LogP contribution in [0.5, 0.6) is 5.75 Å². The lowest BCUT2D eigenvalue weighted by Crippen LogP contribution is -2.34. The molecule has 6 nitrogen and oxygen atoms in total. The molecule has 206 valence electrons. The molecule has 2 aromatic carbocycles. The molecule has 2 aliphatic rings. The van der Waals surface area contributed by atoms with Crippen molar-refractivity contribution in [3.05, 3.63) is 58.1 Å². The molecule has 1 fully saturated rings. The van der Waals surface area contributed by atoms with E-state index in [0.29, 0.717) is 12.5 Å². The van der Waals surface area contributed by atoms with Crippen LogP contribution in [0.15, 0.2) is 36.4 Å². The first-order valence-electron chi connectivity index (χ1n) is 13.7. The molecule has 1 aliphatic heterocycles. The van der Waals surface area contributed by atoms with Crippen molar-refractivity contribution in [1.29, 1.82) is 0 Å². The summed E-state index contributed by atoms with van der Waals surface area (Å²) in [5, 5.41) is 0.745. The van der Waals surface area contributed by atoms with Gasteiger partial charge in [-0.2, -0.15) is 0 Å². The topological polar surface area (TPSA) is 65.1 Å². The van der Waals surface area contributed by atoms with Crippen LogP contribution in [0.25, 0.3) is 0 Å². The van der Waals surface area contributed by atoms with Crippen molar-refractivity contribution in [2.45, 2.75) is 83.8 Å². The average Bonchev–Trinajstić information content (AvgIpc) is 2.86. The SMILES string of the molecule is COC(=O)[C@H](CC(=O)OC(C)(C)C)c1ccc2c(c1)N(CC1CCC1)CCCCc1cc(Cl)ccc1CO2. The fourth-order valence-electron chi connectivity index (χ4n) is 5.19. The average molecular weight is 542 g/mol. The summed E-state index contributed by atoms with van der Waals surface area (Å²) < 4.78 is 17.1. The van der Waals surface area contributed by atoms with Gasteiger partial charge in [0, 0.05) is 18.1 Å². The van der Waals surface area contributed by atoms with Crippen molar-refractivity contribution in [2.75, 3.05) is 25.1 Å². The summed E-state index contributed by atoms with van der Waals surface area (Å²) in [6.45, 7) is 7.74. The molecular formula is C31H40ClNO5. The summed E-state index contributed by atoms with van der Waals surface area (Å²) in [7, 11) is 1.35. The van der Waals surface area contributed by atoms with E-state index in [-0.39, 0.29) is 6.42 Å². The van der Waals surface area contributed by atoms with E-state index in [1.54, 1.807) is 0 Å². The Kier molecular flexibility index (Phi) is 9.24. The summed E-state index contributed by atoms with van der Waals surface area (Å²) >= 11 is 6.30. The van der Waals surface area contributed by atoms with Gasteiger partial charge in [0.1, 0.15) is 18.0 Å². The van der Waals surface area contributed by atoms with E-state index in [4.69, 9.17) is 25.8 Å². The number of carbonyl (C=O) groups is 2. The molecule has 0 spiro atoms. The minimum atomic E-state index is -0.758. The van der Waals surface area contributed by atoms with Gasteiger partial charge in [0.05, 0.1) is 25.1 Å². The number of aryl methyl sites for hydroxylation is 1. The third kappa shape index (κ3) is 7.43. The van der Waals surface area contributed by atoms with E-state index in [9.17, 15) is 9.59 Å². The van der Waals surface area contributed by atoms with Gasteiger partial charge in [0.15, 0.2) is 0 Å². The Morgan fingerprint density at radius 1 is 1.08 bits per heavy atom. The van der Waals surface area contributed by atoms with Crippen LogP contribution in [0.4, 0.5) is 5.69 Å². The third-order valence-corrected chi connectivity index (χ3v) is 7.62. The molecule has 1 atom stereocenters. The molecule has 0 amide bonds. The van der Waals surface area contributed by atoms with Crippen molar-refractivity contribution in [2.24, 2.45) is 5.92 Å². The molecule has 0 aromatic heterocycles. The Hall–Kier alpha value is -2.73. The van der Waals surface area contributed by atoms with Crippen molar-refractivity contribution in [3.8, 4) is 5.75 Å². The first-order valence-corrected chi connectivity index (χ1v) is 14.1. The Bertz CT molecular complexity index is 1140. The quantitative estimate of drug-likeness (QED) is 0.373. The molecule has 4 rings (SSSR count). The Morgan fingerprint density at radius 3 is 2.55 bits per heavy atom. The maximum absolute atomic E-state index is 12.8. The number of benzene rings is 2. The molecular weight excluding hydrogens is 502 g/mol. The molecule has 1 heterocycles. The number of rotatable bonds is 6. The predicted octanol–water partition coefficient (Wildman–Crippen LogP) is 6.85. The highest BCUT2D eigenvalue weighted by molar-refractivity contribution is 6.30. The van der Waals surface area contributed by atoms with Gasteiger partial charge in [0.2, 0.25) is 0 Å². The molecule has 0 N–H and O–H groups in total. The van der Waals surface area contributed by atoms with Gasteiger partial charge in [-0.15, -0.1) is 0 Å². The summed E-state index contributed by atoms with van der Waals surface area (Å²) in [5.41, 5.74) is 3.42. The molecule has 0 bridgehead atoms. The van der Waals surface area contributed by atoms with E-state index < -0.39 is 23.5 Å². The second-order valence-corrected chi connectivity index (χ2v) is 11.9. The second-order valence-electron chi connectivity index (χ2n) is 11.5. The number of anilines is 1. The van der Waals surface area contributed by atoms with E-state index >= 15 is 0 Å². The first-order chi connectivity index (χ1) is 18.1. The zero-order chi connectivity index (χ0) is 27.3. The number of hydrogen-bond donors (Lipinski definition) is 0. The number of halogens is 1. The van der Waals surface area contributed by atoms with Crippen LogP contribution in [0.2, 0.25) is 5.02 Å². The van der Waals surface area contributed by atoms with E-state index in [0.717, 1.165) is 59.9 Å². The molecule has 2 aromatic rings. The molecule has 7 heteroatoms. The molecule has 0 unspecified atom stereocenters. The van der Waals surface area contributed by atoms with Crippen molar-refractivity contribution in [1.82, 2.24) is 0 Å². The van der Waals surface area contributed by atoms with Crippen LogP contribution >= 0.6 is 11.6 Å². The summed E-state index contributed by atoms with van der Waals surface area (Å²) in [6, 6.07) is 11.8. The van der Waals surface area contributed by atoms with Gasteiger partial charge >= 0.3 is 11.9 Å². The van der Waals surface area contributed by atoms with Crippen molar-refractivity contribution in [3.63, 3.8) is 0 Å². The summed E-state index contributed by atoms with van der Waals surface area (Å²) in [6.07, 6.45) is 6.70. The lowest BCUT2D eigenvalue weighted by Gasteiger charge is -2.35. The maximum Gasteiger partial charge on any atom is 0.313 e. The van der Waals surface area contributed by atoms with Crippen molar-refractivity contribution >= 4 is 29.2 Å². The van der Waals surface area contributed by atoms with Crippen LogP contribution in [0.1, 0.15) is 81.9 Å². The zero-order valence-corrected chi connectivity index (χ0v) is 23.8. The normalized spacial score (nSPS) is 17.1. The van der Waals surface area contributed by atoms with E-state index in [2.05, 4.69) is 4.90 Å². The molecule has 1 saturated carbocycles. The highest BCUT2D eigenvalue weighted by Gasteiger charge is 2.30. The fraction of sp³-hybridized carbons (Fsp3) is 0.548. The number of fused-ring (bicyclic) bond motifs is 2. The molecule has 0 saturated heterocycles. The van der Waals surface area contributed by atoms with Gasteiger partial charge in [-0.25, -0.2) is 0 Å². The largest absolute Gasteiger partial charge is 0.487 e. The Labute approximate surface area is 231 Å². The van der Waals surface area contributed by atoms with Gasteiger partial charge in [-0.3, -0.25) is 9.59 Å². The highest BCUT2D eigenvalue weighted by Crippen LogP contribution is 2.38. The monoisotopic (exact) mass is 541 g/mol. The highest BCUT2D eigenvalue weighted by atomic mass is 35.5. The molecule has 1 aliphatic carbocycles. The first kappa shape index (κ1) is 28.3. The van der Waals surface area contributed by atoms with Crippen LogP contribution in [0.3, 0.4) is 0 Å². The zero-order valence-electron chi connectivity index (χ0n) is 23.1. The minimum Gasteiger partial charge on any atom is -0.487 e. The van der Waals surface area contributed by atoms with Crippen LogP contribution in [-0.2, 0) is 32.1 Å². The van der Waals surface area contributed by atoms with Gasteiger partial charge in [-0.05, 0) is 99.7 Å². The van der Waals surface area contributed by atoms with Crippen LogP contribution < -0.4 is 9.64 Å². The molecule has 38 heavy (non-hydrogen) atoms. The standard InChI is InChI=1S/C31H40ClNO5/c1-31(2,3)38-29(34)18-26(30(35)36-4)23-12-14-28-27(17-23)33(19-21-8-7-9-21)15-6-5-10-22-16-25(32)13-11-24(22)20-37-28/h11-14,16-17,21,26H,5-10,15,18-20H2,1-4H3/t26-/m1/s1. The third-order valence-electron chi connectivity index (χ3n) is 7.38. The smallest absolute Gasteiger partial charge is 0.313 e. The maximum atomic E-state index is 12.8. The number of esters is 2. The van der Waals surface area contributed by atoms with Crippen LogP contribution in [-0.4, -0.2) is 37.7 Å². The van der Waals surface area contributed by atoms with E-state index in [1.165, 1.54) is 31.9 Å². The lowest BCUT2D eigenvalue weighted by atomic mass is 9.85. The number of ether oxygens (including phenoxy) is 3. The fourth-order valence-corrected chi connectivity index (χ4v) is 5.38. The lowest BCUT2D eigenvalue weighted by molar-refractivity contribution is -0.158. The van der Waals surface area contributed by atoms with E-state index in [1.807, 2.05) is 57.2 Å².